The molecule has 0 aromatic heterocycles. The summed E-state index contributed by atoms with van der Waals surface area (Å²) < 4.78 is 6.60. The van der Waals surface area contributed by atoms with Gasteiger partial charge in [0.1, 0.15) is 5.75 Å². The van der Waals surface area contributed by atoms with Crippen LogP contribution in [0.25, 0.3) is 0 Å². The van der Waals surface area contributed by atoms with E-state index in [1.54, 1.807) is 11.8 Å². The standard InChI is InChI=1S/C17H19BrO2S/c1-2-11-20-14-9-7-13(8-10-14)16(19)12-21-17-6-4-3-5-15(17)18/h3-10,16,19H,2,11-12H2,1H3. The number of halogens is 1. The second-order valence-corrected chi connectivity index (χ2v) is 6.59. The van der Waals surface area contributed by atoms with Gasteiger partial charge in [0.2, 0.25) is 0 Å². The van der Waals surface area contributed by atoms with Crippen molar-refractivity contribution in [3.63, 3.8) is 0 Å². The molecule has 0 fully saturated rings. The van der Waals surface area contributed by atoms with Crippen molar-refractivity contribution in [3.8, 4) is 5.75 Å². The number of aliphatic hydroxyl groups is 1. The van der Waals surface area contributed by atoms with Crippen molar-refractivity contribution in [2.45, 2.75) is 24.3 Å². The minimum absolute atomic E-state index is 0.484. The number of benzene rings is 2. The minimum atomic E-state index is -0.484. The summed E-state index contributed by atoms with van der Waals surface area (Å²) in [6, 6.07) is 15.7. The predicted molar refractivity (Wildman–Crippen MR) is 92.1 cm³/mol. The zero-order valence-electron chi connectivity index (χ0n) is 12.0. The average Bonchev–Trinajstić information content (AvgIpc) is 2.52. The summed E-state index contributed by atoms with van der Waals surface area (Å²) >= 11 is 5.16. The zero-order valence-corrected chi connectivity index (χ0v) is 14.4. The Hall–Kier alpha value is -0.970. The topological polar surface area (TPSA) is 29.5 Å². The van der Waals surface area contributed by atoms with E-state index in [4.69, 9.17) is 4.74 Å². The second-order valence-electron chi connectivity index (χ2n) is 4.67. The highest BCUT2D eigenvalue weighted by Crippen LogP contribution is 2.30. The van der Waals surface area contributed by atoms with E-state index in [1.807, 2.05) is 48.5 Å². The fourth-order valence-electron chi connectivity index (χ4n) is 1.83. The van der Waals surface area contributed by atoms with Gasteiger partial charge in [-0.2, -0.15) is 0 Å². The largest absolute Gasteiger partial charge is 0.494 e. The van der Waals surface area contributed by atoms with Gasteiger partial charge in [0.05, 0.1) is 12.7 Å². The van der Waals surface area contributed by atoms with Gasteiger partial charge in [0, 0.05) is 15.1 Å². The molecular formula is C17H19BrO2S. The second kappa shape index (κ2) is 8.47. The molecule has 4 heteroatoms. The fourth-order valence-corrected chi connectivity index (χ4v) is 3.37. The van der Waals surface area contributed by atoms with Crippen LogP contribution >= 0.6 is 27.7 Å². The Morgan fingerprint density at radius 1 is 1.14 bits per heavy atom. The summed E-state index contributed by atoms with van der Waals surface area (Å²) in [4.78, 5) is 1.14. The van der Waals surface area contributed by atoms with Crippen molar-refractivity contribution in [1.29, 1.82) is 0 Å². The Labute approximate surface area is 138 Å². The molecule has 0 radical (unpaired) electrons. The van der Waals surface area contributed by atoms with Crippen LogP contribution in [0.4, 0.5) is 0 Å². The van der Waals surface area contributed by atoms with Crippen LogP contribution in [0.2, 0.25) is 0 Å². The van der Waals surface area contributed by atoms with Gasteiger partial charge in [-0.3, -0.25) is 0 Å². The average molecular weight is 367 g/mol. The first-order valence-electron chi connectivity index (χ1n) is 6.99. The maximum atomic E-state index is 10.3. The van der Waals surface area contributed by atoms with Crippen molar-refractivity contribution in [3.05, 3.63) is 58.6 Å². The van der Waals surface area contributed by atoms with E-state index < -0.39 is 6.10 Å². The van der Waals surface area contributed by atoms with Crippen LogP contribution in [0, 0.1) is 0 Å². The molecule has 0 saturated heterocycles. The highest BCUT2D eigenvalue weighted by molar-refractivity contribution is 9.10. The molecule has 0 aliphatic carbocycles. The van der Waals surface area contributed by atoms with E-state index >= 15 is 0 Å². The van der Waals surface area contributed by atoms with Gasteiger partial charge in [-0.1, -0.05) is 31.2 Å². The highest BCUT2D eigenvalue weighted by atomic mass is 79.9. The van der Waals surface area contributed by atoms with Crippen LogP contribution in [-0.4, -0.2) is 17.5 Å². The van der Waals surface area contributed by atoms with Gasteiger partial charge >= 0.3 is 0 Å². The van der Waals surface area contributed by atoms with Crippen molar-refractivity contribution in [2.75, 3.05) is 12.4 Å². The molecule has 0 spiro atoms. The molecule has 2 aromatic rings. The smallest absolute Gasteiger partial charge is 0.119 e. The SMILES string of the molecule is CCCOc1ccc(C(O)CSc2ccccc2Br)cc1. The monoisotopic (exact) mass is 366 g/mol. The number of hydrogen-bond acceptors (Lipinski definition) is 3. The lowest BCUT2D eigenvalue weighted by atomic mass is 10.1. The van der Waals surface area contributed by atoms with Crippen molar-refractivity contribution < 1.29 is 9.84 Å². The van der Waals surface area contributed by atoms with E-state index in [-0.39, 0.29) is 0 Å². The Morgan fingerprint density at radius 3 is 2.52 bits per heavy atom. The molecule has 0 bridgehead atoms. The first-order chi connectivity index (χ1) is 10.2. The van der Waals surface area contributed by atoms with Crippen LogP contribution in [0.3, 0.4) is 0 Å². The number of hydrogen-bond donors (Lipinski definition) is 1. The van der Waals surface area contributed by atoms with Gasteiger partial charge in [-0.15, -0.1) is 11.8 Å². The Balaban J connectivity index is 1.91. The maximum Gasteiger partial charge on any atom is 0.119 e. The van der Waals surface area contributed by atoms with Gasteiger partial charge in [0.25, 0.3) is 0 Å². The van der Waals surface area contributed by atoms with E-state index in [9.17, 15) is 5.11 Å². The van der Waals surface area contributed by atoms with Gasteiger partial charge in [-0.25, -0.2) is 0 Å². The molecule has 0 saturated carbocycles. The predicted octanol–water partition coefficient (Wildman–Crippen LogP) is 5.06. The number of rotatable bonds is 7. The molecule has 21 heavy (non-hydrogen) atoms. The maximum absolute atomic E-state index is 10.3. The Kier molecular flexibility index (Phi) is 6.61. The Bertz CT molecular complexity index is 557. The summed E-state index contributed by atoms with van der Waals surface area (Å²) in [5, 5.41) is 10.3. The van der Waals surface area contributed by atoms with Crippen molar-refractivity contribution in [2.24, 2.45) is 0 Å². The number of ether oxygens (including phenoxy) is 1. The molecule has 1 unspecified atom stereocenters. The third-order valence-electron chi connectivity index (χ3n) is 2.97. The van der Waals surface area contributed by atoms with Gasteiger partial charge < -0.3 is 9.84 Å². The quantitative estimate of drug-likeness (QED) is 0.694. The molecule has 1 N–H and O–H groups in total. The van der Waals surface area contributed by atoms with Crippen LogP contribution in [0.5, 0.6) is 5.75 Å². The van der Waals surface area contributed by atoms with E-state index in [2.05, 4.69) is 22.9 Å². The molecule has 1 atom stereocenters. The molecule has 2 aromatic carbocycles. The molecular weight excluding hydrogens is 348 g/mol. The number of thioether (sulfide) groups is 1. The number of aliphatic hydroxyl groups excluding tert-OH is 1. The zero-order chi connectivity index (χ0) is 15.1. The van der Waals surface area contributed by atoms with E-state index in [1.165, 1.54) is 0 Å². The first-order valence-corrected chi connectivity index (χ1v) is 8.76. The molecule has 2 nitrogen and oxygen atoms in total. The van der Waals surface area contributed by atoms with Gasteiger partial charge in [0.15, 0.2) is 0 Å². The molecule has 112 valence electrons. The van der Waals surface area contributed by atoms with E-state index in [0.717, 1.165) is 33.7 Å². The summed E-state index contributed by atoms with van der Waals surface area (Å²) in [5.41, 5.74) is 0.915. The lowest BCUT2D eigenvalue weighted by Crippen LogP contribution is -2.01. The van der Waals surface area contributed by atoms with E-state index in [0.29, 0.717) is 5.75 Å². The summed E-state index contributed by atoms with van der Waals surface area (Å²) in [5.74, 6) is 1.48. The minimum Gasteiger partial charge on any atom is -0.494 e. The third-order valence-corrected chi connectivity index (χ3v) is 5.07. The van der Waals surface area contributed by atoms with Crippen LogP contribution < -0.4 is 4.74 Å². The normalized spacial score (nSPS) is 12.1. The van der Waals surface area contributed by atoms with Crippen molar-refractivity contribution in [1.82, 2.24) is 0 Å². The first kappa shape index (κ1) is 16.4. The summed E-state index contributed by atoms with van der Waals surface area (Å²) in [6.07, 6.45) is 0.509. The summed E-state index contributed by atoms with van der Waals surface area (Å²) in [6.45, 7) is 2.80. The fraction of sp³-hybridized carbons (Fsp3) is 0.294. The Morgan fingerprint density at radius 2 is 1.86 bits per heavy atom. The van der Waals surface area contributed by atoms with Crippen LogP contribution in [0.1, 0.15) is 25.0 Å². The molecule has 0 aliphatic rings. The lowest BCUT2D eigenvalue weighted by Gasteiger charge is -2.12. The molecule has 0 heterocycles. The van der Waals surface area contributed by atoms with Crippen LogP contribution in [0.15, 0.2) is 57.9 Å². The van der Waals surface area contributed by atoms with Crippen molar-refractivity contribution >= 4 is 27.7 Å². The van der Waals surface area contributed by atoms with Crippen LogP contribution in [-0.2, 0) is 0 Å². The summed E-state index contributed by atoms with van der Waals surface area (Å²) in [7, 11) is 0. The third kappa shape index (κ3) is 5.06. The van der Waals surface area contributed by atoms with Gasteiger partial charge in [-0.05, 0) is 52.2 Å². The highest BCUT2D eigenvalue weighted by Gasteiger charge is 2.09. The lowest BCUT2D eigenvalue weighted by molar-refractivity contribution is 0.204. The molecule has 0 amide bonds. The molecule has 0 aliphatic heterocycles. The molecule has 2 rings (SSSR count).